The lowest BCUT2D eigenvalue weighted by molar-refractivity contribution is 0.475. The summed E-state index contributed by atoms with van der Waals surface area (Å²) in [5.74, 6) is 0. The van der Waals surface area contributed by atoms with Crippen LogP contribution in [0.1, 0.15) is 5.56 Å². The molecular formula is C11H14N2O. The molecule has 0 saturated carbocycles. The van der Waals surface area contributed by atoms with E-state index in [1.807, 2.05) is 49.3 Å². The molecule has 0 aliphatic rings. The zero-order valence-electron chi connectivity index (χ0n) is 8.38. The van der Waals surface area contributed by atoms with Crippen molar-refractivity contribution in [1.82, 2.24) is 4.90 Å². The number of benzene rings is 1. The Morgan fingerprint density at radius 1 is 1.29 bits per heavy atom. The first-order chi connectivity index (χ1) is 6.74. The van der Waals surface area contributed by atoms with Crippen LogP contribution in [0.15, 0.2) is 41.6 Å². The molecule has 3 heteroatoms. The van der Waals surface area contributed by atoms with Crippen molar-refractivity contribution in [3.05, 3.63) is 42.2 Å². The SMILES string of the molecule is CN(C)C=N/C(=C/O)c1ccccc1. The molecule has 0 aliphatic carbocycles. The summed E-state index contributed by atoms with van der Waals surface area (Å²) in [7, 11) is 3.76. The van der Waals surface area contributed by atoms with Gasteiger partial charge in [0, 0.05) is 19.7 Å². The predicted molar refractivity (Wildman–Crippen MR) is 59.2 cm³/mol. The van der Waals surface area contributed by atoms with Crippen molar-refractivity contribution < 1.29 is 5.11 Å². The maximum Gasteiger partial charge on any atom is 0.106 e. The van der Waals surface area contributed by atoms with Crippen molar-refractivity contribution in [2.45, 2.75) is 0 Å². The molecule has 0 aliphatic heterocycles. The molecule has 14 heavy (non-hydrogen) atoms. The molecule has 0 spiro atoms. The molecule has 0 atom stereocenters. The predicted octanol–water partition coefficient (Wildman–Crippen LogP) is 2.13. The topological polar surface area (TPSA) is 35.8 Å². The first-order valence-corrected chi connectivity index (χ1v) is 4.34. The Balaban J connectivity index is 2.85. The number of aliphatic imine (C=N–C) groups is 1. The van der Waals surface area contributed by atoms with Crippen LogP contribution in [-0.4, -0.2) is 30.4 Å². The van der Waals surface area contributed by atoms with Crippen LogP contribution in [-0.2, 0) is 0 Å². The van der Waals surface area contributed by atoms with E-state index in [1.165, 1.54) is 0 Å². The van der Waals surface area contributed by atoms with Gasteiger partial charge >= 0.3 is 0 Å². The Bertz CT molecular complexity index is 328. The molecule has 1 aromatic carbocycles. The number of hydrogen-bond donors (Lipinski definition) is 1. The van der Waals surface area contributed by atoms with Gasteiger partial charge in [-0.05, 0) is 0 Å². The van der Waals surface area contributed by atoms with E-state index in [4.69, 9.17) is 5.11 Å². The highest BCUT2D eigenvalue weighted by Crippen LogP contribution is 2.13. The van der Waals surface area contributed by atoms with Gasteiger partial charge in [-0.3, -0.25) is 0 Å². The molecule has 0 unspecified atom stereocenters. The highest BCUT2D eigenvalue weighted by atomic mass is 16.2. The van der Waals surface area contributed by atoms with E-state index < -0.39 is 0 Å². The van der Waals surface area contributed by atoms with Gasteiger partial charge in [-0.2, -0.15) is 0 Å². The monoisotopic (exact) mass is 190 g/mol. The zero-order chi connectivity index (χ0) is 10.4. The Morgan fingerprint density at radius 2 is 1.93 bits per heavy atom. The molecule has 0 fully saturated rings. The summed E-state index contributed by atoms with van der Waals surface area (Å²) in [6.45, 7) is 0. The molecule has 1 N–H and O–H groups in total. The Morgan fingerprint density at radius 3 is 2.43 bits per heavy atom. The molecule has 74 valence electrons. The summed E-state index contributed by atoms with van der Waals surface area (Å²) >= 11 is 0. The van der Waals surface area contributed by atoms with Gasteiger partial charge in [0.25, 0.3) is 0 Å². The van der Waals surface area contributed by atoms with Crippen molar-refractivity contribution >= 4 is 12.0 Å². The van der Waals surface area contributed by atoms with Gasteiger partial charge in [0.2, 0.25) is 0 Å². The fourth-order valence-electron chi connectivity index (χ4n) is 0.969. The Hall–Kier alpha value is -1.77. The average Bonchev–Trinajstić information content (AvgIpc) is 2.20. The standard InChI is InChI=1S/C11H14N2O/c1-13(2)9-12-11(8-14)10-6-4-3-5-7-10/h3-9,14H,1-2H3/b11-8+,12-9?. The second-order valence-corrected chi connectivity index (χ2v) is 3.09. The molecule has 0 amide bonds. The van der Waals surface area contributed by atoms with Gasteiger partial charge in [-0.25, -0.2) is 4.99 Å². The Labute approximate surface area is 84.0 Å². The molecule has 0 aromatic heterocycles. The molecule has 1 rings (SSSR count). The fraction of sp³-hybridized carbons (Fsp3) is 0.182. The third-order valence-corrected chi connectivity index (χ3v) is 1.62. The number of aliphatic hydroxyl groups excluding tert-OH is 1. The minimum Gasteiger partial charge on any atom is -0.513 e. The number of aliphatic hydroxyl groups is 1. The molecule has 1 aromatic rings. The Kier molecular flexibility index (Phi) is 3.73. The normalized spacial score (nSPS) is 12.0. The number of hydrogen-bond acceptors (Lipinski definition) is 2. The fourth-order valence-corrected chi connectivity index (χ4v) is 0.969. The van der Waals surface area contributed by atoms with Crippen molar-refractivity contribution in [2.24, 2.45) is 4.99 Å². The quantitative estimate of drug-likeness (QED) is 0.450. The maximum atomic E-state index is 9.00. The lowest BCUT2D eigenvalue weighted by Gasteiger charge is -2.04. The molecule has 0 radical (unpaired) electrons. The molecule has 3 nitrogen and oxygen atoms in total. The smallest absolute Gasteiger partial charge is 0.106 e. The van der Waals surface area contributed by atoms with E-state index in [1.54, 1.807) is 6.34 Å². The molecule has 0 heterocycles. The summed E-state index contributed by atoms with van der Waals surface area (Å²) in [6, 6.07) is 9.53. The minimum atomic E-state index is 0.555. The first kappa shape index (κ1) is 10.3. The number of nitrogens with zero attached hydrogens (tertiary/aromatic N) is 2. The van der Waals surface area contributed by atoms with Gasteiger partial charge in [0.15, 0.2) is 0 Å². The van der Waals surface area contributed by atoms with E-state index >= 15 is 0 Å². The summed E-state index contributed by atoms with van der Waals surface area (Å²) < 4.78 is 0. The van der Waals surface area contributed by atoms with Gasteiger partial charge < -0.3 is 10.0 Å². The van der Waals surface area contributed by atoms with Crippen LogP contribution in [0.2, 0.25) is 0 Å². The summed E-state index contributed by atoms with van der Waals surface area (Å²) in [4.78, 5) is 5.94. The van der Waals surface area contributed by atoms with Crippen LogP contribution in [0.3, 0.4) is 0 Å². The summed E-state index contributed by atoms with van der Waals surface area (Å²) in [5, 5.41) is 9.00. The molecular weight excluding hydrogens is 176 g/mol. The van der Waals surface area contributed by atoms with E-state index in [0.717, 1.165) is 11.8 Å². The second-order valence-electron chi connectivity index (χ2n) is 3.09. The van der Waals surface area contributed by atoms with Crippen molar-refractivity contribution in [3.8, 4) is 0 Å². The zero-order valence-corrected chi connectivity index (χ0v) is 8.38. The van der Waals surface area contributed by atoms with E-state index in [9.17, 15) is 0 Å². The minimum absolute atomic E-state index is 0.555. The van der Waals surface area contributed by atoms with Crippen LogP contribution < -0.4 is 0 Å². The largest absolute Gasteiger partial charge is 0.513 e. The third-order valence-electron chi connectivity index (χ3n) is 1.62. The third kappa shape index (κ3) is 2.94. The van der Waals surface area contributed by atoms with E-state index in [0.29, 0.717) is 5.70 Å². The van der Waals surface area contributed by atoms with Crippen LogP contribution in [0.5, 0.6) is 0 Å². The highest BCUT2D eigenvalue weighted by Gasteiger charge is 1.96. The van der Waals surface area contributed by atoms with Crippen molar-refractivity contribution in [3.63, 3.8) is 0 Å². The maximum absolute atomic E-state index is 9.00. The van der Waals surface area contributed by atoms with Gasteiger partial charge in [-0.15, -0.1) is 0 Å². The molecule has 0 bridgehead atoms. The van der Waals surface area contributed by atoms with Crippen molar-refractivity contribution in [2.75, 3.05) is 14.1 Å². The first-order valence-electron chi connectivity index (χ1n) is 4.34. The van der Waals surface area contributed by atoms with Gasteiger partial charge in [-0.1, -0.05) is 30.3 Å². The van der Waals surface area contributed by atoms with Gasteiger partial charge in [0.1, 0.15) is 12.0 Å². The van der Waals surface area contributed by atoms with Crippen LogP contribution in [0, 0.1) is 0 Å². The highest BCUT2D eigenvalue weighted by molar-refractivity contribution is 5.71. The molecule has 0 saturated heterocycles. The lowest BCUT2D eigenvalue weighted by atomic mass is 10.2. The van der Waals surface area contributed by atoms with E-state index in [-0.39, 0.29) is 0 Å². The van der Waals surface area contributed by atoms with Crippen LogP contribution in [0.4, 0.5) is 0 Å². The van der Waals surface area contributed by atoms with Crippen LogP contribution in [0.25, 0.3) is 5.70 Å². The van der Waals surface area contributed by atoms with Crippen LogP contribution >= 0.6 is 0 Å². The van der Waals surface area contributed by atoms with Gasteiger partial charge in [0.05, 0.1) is 6.34 Å². The summed E-state index contributed by atoms with van der Waals surface area (Å²) in [5.41, 5.74) is 1.45. The summed E-state index contributed by atoms with van der Waals surface area (Å²) in [6.07, 6.45) is 2.66. The second kappa shape index (κ2) is 5.07. The average molecular weight is 190 g/mol. The lowest BCUT2D eigenvalue weighted by Crippen LogP contribution is -2.07. The number of rotatable bonds is 3. The van der Waals surface area contributed by atoms with Crippen molar-refractivity contribution in [1.29, 1.82) is 0 Å². The van der Waals surface area contributed by atoms with E-state index in [2.05, 4.69) is 4.99 Å².